The van der Waals surface area contributed by atoms with Gasteiger partial charge in [-0.25, -0.2) is 0 Å². The maximum absolute atomic E-state index is 12.9. The van der Waals surface area contributed by atoms with Gasteiger partial charge >= 0.3 is 5.97 Å². The van der Waals surface area contributed by atoms with E-state index in [4.69, 9.17) is 9.47 Å². The van der Waals surface area contributed by atoms with E-state index in [2.05, 4.69) is 54.5 Å². The summed E-state index contributed by atoms with van der Waals surface area (Å²) in [6, 6.07) is 0. The van der Waals surface area contributed by atoms with Crippen molar-refractivity contribution in [1.82, 2.24) is 0 Å². The summed E-state index contributed by atoms with van der Waals surface area (Å²) in [5.74, 6) is 0.336. The molecule has 250 valence electrons. The van der Waals surface area contributed by atoms with Gasteiger partial charge < -0.3 is 35.0 Å². The molecule has 0 spiro atoms. The molecular weight excluding hydrogens is 560 g/mol. The van der Waals surface area contributed by atoms with Crippen molar-refractivity contribution in [3.05, 3.63) is 11.6 Å². The number of allylic oxidation sites excluding steroid dienone is 2. The van der Waals surface area contributed by atoms with Crippen LogP contribution in [0.4, 0.5) is 0 Å². The van der Waals surface area contributed by atoms with Gasteiger partial charge in [-0.15, -0.1) is 0 Å². The van der Waals surface area contributed by atoms with Crippen LogP contribution < -0.4 is 0 Å². The number of hydrogen-bond donors (Lipinski definition) is 5. The zero-order valence-corrected chi connectivity index (χ0v) is 28.0. The first-order valence-electron chi connectivity index (χ1n) is 17.3. The second-order valence-electron chi connectivity index (χ2n) is 17.9. The highest BCUT2D eigenvalue weighted by molar-refractivity contribution is 5.76. The quantitative estimate of drug-likeness (QED) is 0.218. The Balaban J connectivity index is 1.29. The number of carbonyl (C=O) groups is 1. The standard InChI is InChI=1S/C36H58O8/c1-31(2)14-16-36(30(41)42)17-15-34(6)20(21(36)18-31)8-9-24-33(5)12-11-25(32(3,4)23(33)10-13-35(24,34)7)44-29-28(40)27(39)26(38)22(19-37)43-29/h8,21-29,37-40H,9-19H2,1-7H3,(H,41,42)/t21-,22+,23+,24-,25-,26+,27-,28+,29-,33-,34+,35+,36-/m0/s1. The van der Waals surface area contributed by atoms with Crippen molar-refractivity contribution in [1.29, 1.82) is 0 Å². The Morgan fingerprint density at radius 1 is 0.886 bits per heavy atom. The molecule has 8 nitrogen and oxygen atoms in total. The van der Waals surface area contributed by atoms with Gasteiger partial charge in [-0.05, 0) is 109 Å². The van der Waals surface area contributed by atoms with Gasteiger partial charge in [0.05, 0.1) is 18.1 Å². The lowest BCUT2D eigenvalue weighted by atomic mass is 9.33. The molecular formula is C36H58O8. The maximum atomic E-state index is 12.9. The second kappa shape index (κ2) is 10.5. The van der Waals surface area contributed by atoms with Gasteiger partial charge in [0.2, 0.25) is 0 Å². The van der Waals surface area contributed by atoms with E-state index in [0.29, 0.717) is 11.8 Å². The van der Waals surface area contributed by atoms with E-state index < -0.39 is 48.7 Å². The Kier molecular flexibility index (Phi) is 7.84. The third-order valence-corrected chi connectivity index (χ3v) is 15.1. The van der Waals surface area contributed by atoms with Crippen molar-refractivity contribution in [2.45, 2.75) is 149 Å². The molecule has 6 aliphatic rings. The number of hydrogen-bond acceptors (Lipinski definition) is 7. The summed E-state index contributed by atoms with van der Waals surface area (Å²) in [4.78, 5) is 12.9. The van der Waals surface area contributed by atoms with Gasteiger partial charge in [0.15, 0.2) is 6.29 Å². The Labute approximate surface area is 263 Å². The minimum Gasteiger partial charge on any atom is -0.481 e. The summed E-state index contributed by atoms with van der Waals surface area (Å²) in [6.07, 6.45) is 5.19. The minimum absolute atomic E-state index is 0.0330. The summed E-state index contributed by atoms with van der Waals surface area (Å²) in [5.41, 5.74) is 0.809. The number of aliphatic hydroxyl groups excluding tert-OH is 4. The van der Waals surface area contributed by atoms with E-state index >= 15 is 0 Å². The molecule has 1 aliphatic heterocycles. The van der Waals surface area contributed by atoms with Crippen molar-refractivity contribution >= 4 is 5.97 Å². The Morgan fingerprint density at radius 3 is 2.23 bits per heavy atom. The molecule has 5 aliphatic carbocycles. The van der Waals surface area contributed by atoms with Crippen LogP contribution in [-0.4, -0.2) is 74.9 Å². The van der Waals surface area contributed by atoms with Gasteiger partial charge in [0.25, 0.3) is 0 Å². The molecule has 4 saturated carbocycles. The van der Waals surface area contributed by atoms with Gasteiger partial charge in [-0.3, -0.25) is 4.79 Å². The number of fused-ring (bicyclic) bond motifs is 7. The number of carboxylic acids is 1. The normalized spacial score (nSPS) is 52.9. The predicted octanol–water partition coefficient (Wildman–Crippen LogP) is 5.06. The summed E-state index contributed by atoms with van der Waals surface area (Å²) in [5, 5.41) is 51.7. The topological polar surface area (TPSA) is 137 Å². The fourth-order valence-electron chi connectivity index (χ4n) is 12.2. The van der Waals surface area contributed by atoms with Crippen LogP contribution in [0.3, 0.4) is 0 Å². The third kappa shape index (κ3) is 4.40. The SMILES string of the molecule is CC1(C)CC[C@]2(C(=O)O)CC[C@]3(C)C(=CC[C@H]4[C@@]5(C)CC[C@H](O[C@@H]6O[C@H](CO)[C@@H](O)[C@H](O)[C@H]6O)C(C)(C)[C@H]5CC[C@]43C)[C@@H]2C1. The van der Waals surface area contributed by atoms with Crippen molar-refractivity contribution in [3.8, 4) is 0 Å². The Bertz CT molecular complexity index is 1180. The summed E-state index contributed by atoms with van der Waals surface area (Å²) < 4.78 is 12.2. The van der Waals surface area contributed by atoms with Gasteiger partial charge in [0, 0.05) is 0 Å². The first kappa shape index (κ1) is 32.9. The average Bonchev–Trinajstić information content (AvgIpc) is 2.94. The lowest BCUT2D eigenvalue weighted by Crippen LogP contribution is -2.66. The van der Waals surface area contributed by atoms with E-state index in [0.717, 1.165) is 64.2 Å². The molecule has 6 rings (SSSR count). The summed E-state index contributed by atoms with van der Waals surface area (Å²) in [6.45, 7) is 16.2. The molecule has 5 fully saturated rings. The molecule has 1 heterocycles. The summed E-state index contributed by atoms with van der Waals surface area (Å²) in [7, 11) is 0. The number of ether oxygens (including phenoxy) is 2. The highest BCUT2D eigenvalue weighted by Gasteiger charge is 2.69. The predicted molar refractivity (Wildman–Crippen MR) is 165 cm³/mol. The molecule has 0 amide bonds. The molecule has 13 atom stereocenters. The molecule has 1 saturated heterocycles. The van der Waals surface area contributed by atoms with Crippen LogP contribution in [0.25, 0.3) is 0 Å². The minimum atomic E-state index is -1.45. The monoisotopic (exact) mass is 618 g/mol. The van der Waals surface area contributed by atoms with E-state index in [-0.39, 0.29) is 39.1 Å². The number of aliphatic hydroxyl groups is 4. The molecule has 5 N–H and O–H groups in total. The smallest absolute Gasteiger partial charge is 0.310 e. The van der Waals surface area contributed by atoms with Crippen LogP contribution in [0.15, 0.2) is 11.6 Å². The van der Waals surface area contributed by atoms with Crippen molar-refractivity contribution < 1.29 is 39.8 Å². The molecule has 0 aromatic heterocycles. The molecule has 0 aromatic rings. The molecule has 0 unspecified atom stereocenters. The van der Waals surface area contributed by atoms with Crippen molar-refractivity contribution in [3.63, 3.8) is 0 Å². The van der Waals surface area contributed by atoms with Crippen LogP contribution in [0.5, 0.6) is 0 Å². The lowest BCUT2D eigenvalue weighted by molar-refractivity contribution is -0.330. The van der Waals surface area contributed by atoms with Crippen LogP contribution in [0.1, 0.15) is 113 Å². The molecule has 0 radical (unpaired) electrons. The average molecular weight is 619 g/mol. The van der Waals surface area contributed by atoms with Crippen LogP contribution in [0, 0.1) is 50.2 Å². The van der Waals surface area contributed by atoms with E-state index in [9.17, 15) is 30.3 Å². The van der Waals surface area contributed by atoms with Gasteiger partial charge in [0.1, 0.15) is 24.4 Å². The fraction of sp³-hybridized carbons (Fsp3) is 0.917. The van der Waals surface area contributed by atoms with E-state index in [1.807, 2.05) is 0 Å². The molecule has 8 heteroatoms. The molecule has 0 bridgehead atoms. The third-order valence-electron chi connectivity index (χ3n) is 15.1. The van der Waals surface area contributed by atoms with Gasteiger partial charge in [-0.2, -0.15) is 0 Å². The highest BCUT2D eigenvalue weighted by atomic mass is 16.7. The number of carboxylic acid groups (broad SMARTS) is 1. The van der Waals surface area contributed by atoms with Crippen molar-refractivity contribution in [2.24, 2.45) is 50.2 Å². The first-order chi connectivity index (χ1) is 20.4. The van der Waals surface area contributed by atoms with Crippen LogP contribution in [0.2, 0.25) is 0 Å². The number of rotatable bonds is 4. The Hall–Kier alpha value is -1.03. The largest absolute Gasteiger partial charge is 0.481 e. The Morgan fingerprint density at radius 2 is 1.57 bits per heavy atom. The van der Waals surface area contributed by atoms with Crippen LogP contribution in [-0.2, 0) is 14.3 Å². The number of aliphatic carboxylic acids is 1. The van der Waals surface area contributed by atoms with Crippen LogP contribution >= 0.6 is 0 Å². The highest BCUT2D eigenvalue weighted by Crippen LogP contribution is 2.76. The second-order valence-corrected chi connectivity index (χ2v) is 17.9. The van der Waals surface area contributed by atoms with Gasteiger partial charge in [-0.1, -0.05) is 60.1 Å². The summed E-state index contributed by atoms with van der Waals surface area (Å²) >= 11 is 0. The lowest BCUT2D eigenvalue weighted by Gasteiger charge is -2.71. The first-order valence-corrected chi connectivity index (χ1v) is 17.3. The zero-order chi connectivity index (χ0) is 32.3. The van der Waals surface area contributed by atoms with E-state index in [1.165, 1.54) is 5.57 Å². The fourth-order valence-corrected chi connectivity index (χ4v) is 12.2. The molecule has 0 aromatic carbocycles. The zero-order valence-electron chi connectivity index (χ0n) is 28.0. The maximum Gasteiger partial charge on any atom is 0.310 e. The van der Waals surface area contributed by atoms with Crippen molar-refractivity contribution in [2.75, 3.05) is 6.61 Å². The van der Waals surface area contributed by atoms with E-state index in [1.54, 1.807) is 0 Å². The molecule has 44 heavy (non-hydrogen) atoms.